The highest BCUT2D eigenvalue weighted by Gasteiger charge is 2.22. The van der Waals surface area contributed by atoms with Crippen LogP contribution in [0, 0.1) is 6.92 Å². The fourth-order valence-electron chi connectivity index (χ4n) is 2.67. The van der Waals surface area contributed by atoms with Gasteiger partial charge in [0.05, 0.1) is 18.7 Å². The molecule has 0 atom stereocenters. The summed E-state index contributed by atoms with van der Waals surface area (Å²) in [5.74, 6) is 0.710. The van der Waals surface area contributed by atoms with Crippen molar-refractivity contribution >= 4 is 35.1 Å². The lowest BCUT2D eigenvalue weighted by atomic mass is 10.1. The van der Waals surface area contributed by atoms with Crippen molar-refractivity contribution in [3.63, 3.8) is 0 Å². The number of methoxy groups -OCH3 is 1. The zero-order chi connectivity index (χ0) is 19.5. The van der Waals surface area contributed by atoms with E-state index in [1.54, 1.807) is 12.5 Å². The number of carbonyl (C=O) groups is 1. The van der Waals surface area contributed by atoms with Gasteiger partial charge in [-0.05, 0) is 36.8 Å². The molecular weight excluding hydrogens is 370 g/mol. The molecule has 1 fully saturated rings. The first kappa shape index (κ1) is 22.7. The minimum absolute atomic E-state index is 0.109. The first-order valence-electron chi connectivity index (χ1n) is 8.93. The Hall–Kier alpha value is -1.37. The Morgan fingerprint density at radius 2 is 2.08 bits per heavy atom. The molecule has 0 aromatic heterocycles. The first-order chi connectivity index (χ1) is 12.5. The Morgan fingerprint density at radius 1 is 1.42 bits per heavy atom. The number of aryl methyl sites for hydroxylation is 1. The molecule has 0 saturated carbocycles. The fourth-order valence-corrected chi connectivity index (χ4v) is 3.49. The highest BCUT2D eigenvalue weighted by molar-refractivity contribution is 8.00. The van der Waals surface area contributed by atoms with Crippen molar-refractivity contribution in [2.24, 2.45) is 0 Å². The van der Waals surface area contributed by atoms with E-state index < -0.39 is 0 Å². The summed E-state index contributed by atoms with van der Waals surface area (Å²) in [6.45, 7) is 11.4. The van der Waals surface area contributed by atoms with Gasteiger partial charge in [0, 0.05) is 30.9 Å². The van der Waals surface area contributed by atoms with Crippen LogP contribution in [-0.4, -0.2) is 43.6 Å². The highest BCUT2D eigenvalue weighted by Crippen LogP contribution is 2.30. The Labute approximate surface area is 166 Å². The Kier molecular flexibility index (Phi) is 10.5. The zero-order valence-electron chi connectivity index (χ0n) is 16.1. The third kappa shape index (κ3) is 6.74. The Balaban J connectivity index is 0.00000163. The highest BCUT2D eigenvalue weighted by atomic mass is 35.5. The average Bonchev–Trinajstić information content (AvgIpc) is 2.67. The first-order valence-corrected chi connectivity index (χ1v) is 10.2. The quantitative estimate of drug-likeness (QED) is 0.662. The molecule has 1 aromatic rings. The number of amides is 1. The number of nitrogens with one attached hydrogen (secondary N) is 2. The molecule has 0 aliphatic carbocycles. The van der Waals surface area contributed by atoms with Crippen LogP contribution in [0.5, 0.6) is 5.75 Å². The van der Waals surface area contributed by atoms with Crippen LogP contribution in [0.1, 0.15) is 32.3 Å². The molecule has 1 saturated heterocycles. The third-order valence-electron chi connectivity index (χ3n) is 4.09. The van der Waals surface area contributed by atoms with Gasteiger partial charge in [0.2, 0.25) is 5.91 Å². The van der Waals surface area contributed by atoms with E-state index in [0.29, 0.717) is 16.8 Å². The minimum atomic E-state index is 0.109. The van der Waals surface area contributed by atoms with E-state index in [2.05, 4.69) is 16.6 Å². The summed E-state index contributed by atoms with van der Waals surface area (Å²) in [5, 5.41) is 5.54. The van der Waals surface area contributed by atoms with Crippen molar-refractivity contribution in [3.8, 4) is 5.75 Å². The molecule has 2 N–H and O–H groups in total. The van der Waals surface area contributed by atoms with Gasteiger partial charge in [-0.2, -0.15) is 0 Å². The molecule has 0 bridgehead atoms. The largest absolute Gasteiger partial charge is 0.495 e. The standard InChI is InChI=1S/C17H24ClN3O2S.C2H6/c1-4-24-20-13-5-7-21(8-6-13)17(22)11-19-15-10-16(23-3)14(18)9-12(15)2;1-2/h4,9-10,13,19-20H,1,5-8,11H2,2-3H3;1-2H3. The van der Waals surface area contributed by atoms with Crippen molar-refractivity contribution in [1.82, 2.24) is 9.62 Å². The zero-order valence-corrected chi connectivity index (χ0v) is 17.7. The summed E-state index contributed by atoms with van der Waals surface area (Å²) >= 11 is 7.61. The number of anilines is 1. The Bertz CT molecular complexity index is 590. The van der Waals surface area contributed by atoms with Gasteiger partial charge < -0.3 is 15.0 Å². The Morgan fingerprint density at radius 3 is 2.65 bits per heavy atom. The van der Waals surface area contributed by atoms with Gasteiger partial charge in [0.25, 0.3) is 0 Å². The molecule has 2 rings (SSSR count). The predicted molar refractivity (Wildman–Crippen MR) is 113 cm³/mol. The van der Waals surface area contributed by atoms with E-state index in [-0.39, 0.29) is 12.5 Å². The lowest BCUT2D eigenvalue weighted by Gasteiger charge is -2.32. The van der Waals surface area contributed by atoms with Gasteiger partial charge >= 0.3 is 0 Å². The van der Waals surface area contributed by atoms with Gasteiger partial charge in [-0.3, -0.25) is 9.52 Å². The minimum Gasteiger partial charge on any atom is -0.495 e. The summed E-state index contributed by atoms with van der Waals surface area (Å²) < 4.78 is 8.56. The number of rotatable bonds is 7. The molecule has 1 amide bonds. The van der Waals surface area contributed by atoms with E-state index in [9.17, 15) is 4.79 Å². The number of benzene rings is 1. The molecule has 0 unspecified atom stereocenters. The van der Waals surface area contributed by atoms with Crippen LogP contribution in [0.15, 0.2) is 24.1 Å². The summed E-state index contributed by atoms with van der Waals surface area (Å²) in [4.78, 5) is 14.3. The molecule has 0 radical (unpaired) electrons. The van der Waals surface area contributed by atoms with E-state index in [4.69, 9.17) is 16.3 Å². The summed E-state index contributed by atoms with van der Waals surface area (Å²) in [6.07, 6.45) is 1.92. The van der Waals surface area contributed by atoms with Crippen LogP contribution in [0.3, 0.4) is 0 Å². The summed E-state index contributed by atoms with van der Waals surface area (Å²) in [6, 6.07) is 4.10. The van der Waals surface area contributed by atoms with Gasteiger partial charge in [0.1, 0.15) is 5.75 Å². The summed E-state index contributed by atoms with van der Waals surface area (Å²) in [5.41, 5.74) is 1.85. The van der Waals surface area contributed by atoms with E-state index in [1.807, 2.05) is 37.8 Å². The lowest BCUT2D eigenvalue weighted by Crippen LogP contribution is -2.45. The van der Waals surface area contributed by atoms with Gasteiger partial charge in [-0.15, -0.1) is 0 Å². The SMILES string of the molecule is C=CSNC1CCN(C(=O)CNc2cc(OC)c(Cl)cc2C)CC1.CC. The van der Waals surface area contributed by atoms with Crippen LogP contribution in [0.25, 0.3) is 0 Å². The van der Waals surface area contributed by atoms with Gasteiger partial charge in [0.15, 0.2) is 0 Å². The van der Waals surface area contributed by atoms with Crippen molar-refractivity contribution in [2.45, 2.75) is 39.7 Å². The lowest BCUT2D eigenvalue weighted by molar-refractivity contribution is -0.130. The second kappa shape index (κ2) is 12.1. The van der Waals surface area contributed by atoms with Crippen molar-refractivity contribution < 1.29 is 9.53 Å². The van der Waals surface area contributed by atoms with Crippen molar-refractivity contribution in [1.29, 1.82) is 0 Å². The third-order valence-corrected chi connectivity index (χ3v) is 5.03. The molecule has 5 nitrogen and oxygen atoms in total. The number of nitrogens with zero attached hydrogens (tertiary/aromatic N) is 1. The maximum atomic E-state index is 12.4. The number of ether oxygens (including phenoxy) is 1. The molecule has 0 spiro atoms. The number of carbonyl (C=O) groups excluding carboxylic acids is 1. The van der Waals surface area contributed by atoms with Crippen LogP contribution < -0.4 is 14.8 Å². The number of hydrogen-bond donors (Lipinski definition) is 2. The second-order valence-electron chi connectivity index (χ2n) is 5.71. The van der Waals surface area contributed by atoms with Crippen molar-refractivity contribution in [2.75, 3.05) is 32.1 Å². The van der Waals surface area contributed by atoms with Crippen LogP contribution in [-0.2, 0) is 4.79 Å². The maximum Gasteiger partial charge on any atom is 0.241 e. The monoisotopic (exact) mass is 399 g/mol. The topological polar surface area (TPSA) is 53.6 Å². The molecule has 7 heteroatoms. The number of halogens is 1. The van der Waals surface area contributed by atoms with E-state index in [1.165, 1.54) is 11.9 Å². The second-order valence-corrected chi connectivity index (χ2v) is 6.92. The molecule has 146 valence electrons. The van der Waals surface area contributed by atoms with Crippen LogP contribution in [0.4, 0.5) is 5.69 Å². The summed E-state index contributed by atoms with van der Waals surface area (Å²) in [7, 11) is 1.58. The molecule has 1 aromatic carbocycles. The molecule has 1 heterocycles. The molecule has 1 aliphatic rings. The van der Waals surface area contributed by atoms with Crippen molar-refractivity contribution in [3.05, 3.63) is 34.7 Å². The normalized spacial score (nSPS) is 14.3. The number of piperidine rings is 1. The molecule has 1 aliphatic heterocycles. The smallest absolute Gasteiger partial charge is 0.241 e. The van der Waals surface area contributed by atoms with Crippen LogP contribution in [0.2, 0.25) is 5.02 Å². The molecule has 26 heavy (non-hydrogen) atoms. The van der Waals surface area contributed by atoms with Gasteiger partial charge in [-0.1, -0.05) is 44.0 Å². The predicted octanol–water partition coefficient (Wildman–Crippen LogP) is 4.47. The average molecular weight is 400 g/mol. The van der Waals surface area contributed by atoms with E-state index in [0.717, 1.165) is 37.2 Å². The number of hydrogen-bond acceptors (Lipinski definition) is 5. The van der Waals surface area contributed by atoms with Crippen LogP contribution >= 0.6 is 23.5 Å². The maximum absolute atomic E-state index is 12.4. The fraction of sp³-hybridized carbons (Fsp3) is 0.526. The molecular formula is C19H30ClN3O2S. The van der Waals surface area contributed by atoms with E-state index >= 15 is 0 Å². The number of likely N-dealkylation sites (tertiary alicyclic amines) is 1. The van der Waals surface area contributed by atoms with Gasteiger partial charge in [-0.25, -0.2) is 0 Å².